The van der Waals surface area contributed by atoms with Gasteiger partial charge in [0.1, 0.15) is 5.69 Å². The Bertz CT molecular complexity index is 961. The second-order valence-corrected chi connectivity index (χ2v) is 5.01. The van der Waals surface area contributed by atoms with Gasteiger partial charge in [0, 0.05) is 10.8 Å². The SMILES string of the molecule is Nc1cc2ccccc2nc1-c1ccc2ccccc2n1. The predicted molar refractivity (Wildman–Crippen MR) is 86.9 cm³/mol. The Labute approximate surface area is 122 Å². The Morgan fingerprint density at radius 2 is 1.33 bits per heavy atom. The summed E-state index contributed by atoms with van der Waals surface area (Å²) < 4.78 is 0. The monoisotopic (exact) mass is 271 g/mol. The highest BCUT2D eigenvalue weighted by Gasteiger charge is 2.08. The summed E-state index contributed by atoms with van der Waals surface area (Å²) in [5.41, 5.74) is 10.2. The molecule has 0 saturated heterocycles. The molecule has 0 bridgehead atoms. The molecule has 0 amide bonds. The molecule has 21 heavy (non-hydrogen) atoms. The van der Waals surface area contributed by atoms with E-state index < -0.39 is 0 Å². The lowest BCUT2D eigenvalue weighted by molar-refractivity contribution is 1.32. The lowest BCUT2D eigenvalue weighted by Crippen LogP contribution is -1.96. The third-order valence-corrected chi connectivity index (χ3v) is 3.59. The summed E-state index contributed by atoms with van der Waals surface area (Å²) in [5.74, 6) is 0. The smallest absolute Gasteiger partial charge is 0.112 e. The maximum atomic E-state index is 6.16. The van der Waals surface area contributed by atoms with E-state index in [0.29, 0.717) is 5.69 Å². The van der Waals surface area contributed by atoms with Gasteiger partial charge in [0.05, 0.1) is 22.4 Å². The lowest BCUT2D eigenvalue weighted by Gasteiger charge is -2.07. The molecule has 0 aliphatic rings. The molecule has 2 N–H and O–H groups in total. The number of pyridine rings is 2. The number of hydrogen-bond donors (Lipinski definition) is 1. The molecule has 0 radical (unpaired) electrons. The first-order valence-corrected chi connectivity index (χ1v) is 6.83. The van der Waals surface area contributed by atoms with Crippen LogP contribution in [0.1, 0.15) is 0 Å². The van der Waals surface area contributed by atoms with E-state index in [1.165, 1.54) is 0 Å². The Balaban J connectivity index is 1.96. The van der Waals surface area contributed by atoms with E-state index in [1.807, 2.05) is 66.7 Å². The fraction of sp³-hybridized carbons (Fsp3) is 0. The van der Waals surface area contributed by atoms with Gasteiger partial charge in [0.2, 0.25) is 0 Å². The summed E-state index contributed by atoms with van der Waals surface area (Å²) in [7, 11) is 0. The maximum Gasteiger partial charge on any atom is 0.112 e. The second-order valence-electron chi connectivity index (χ2n) is 5.01. The molecule has 3 nitrogen and oxygen atoms in total. The molecule has 4 aromatic rings. The van der Waals surface area contributed by atoms with E-state index in [1.54, 1.807) is 0 Å². The van der Waals surface area contributed by atoms with Gasteiger partial charge in [-0.05, 0) is 24.3 Å². The summed E-state index contributed by atoms with van der Waals surface area (Å²) in [6.45, 7) is 0. The van der Waals surface area contributed by atoms with Crippen LogP contribution in [0, 0.1) is 0 Å². The largest absolute Gasteiger partial charge is 0.397 e. The summed E-state index contributed by atoms with van der Waals surface area (Å²) in [5, 5.41) is 2.15. The van der Waals surface area contributed by atoms with Crippen molar-refractivity contribution in [2.45, 2.75) is 0 Å². The minimum Gasteiger partial charge on any atom is -0.397 e. The summed E-state index contributed by atoms with van der Waals surface area (Å²) >= 11 is 0. The minimum absolute atomic E-state index is 0.650. The number of benzene rings is 2. The van der Waals surface area contributed by atoms with E-state index in [4.69, 9.17) is 5.73 Å². The molecule has 0 unspecified atom stereocenters. The van der Waals surface area contributed by atoms with Crippen LogP contribution in [0.2, 0.25) is 0 Å². The number of fused-ring (bicyclic) bond motifs is 2. The fourth-order valence-corrected chi connectivity index (χ4v) is 2.54. The first-order chi connectivity index (χ1) is 10.3. The van der Waals surface area contributed by atoms with E-state index >= 15 is 0 Å². The molecule has 2 aromatic heterocycles. The van der Waals surface area contributed by atoms with Gasteiger partial charge in [-0.1, -0.05) is 42.5 Å². The van der Waals surface area contributed by atoms with Gasteiger partial charge in [-0.15, -0.1) is 0 Å². The Morgan fingerprint density at radius 3 is 2.14 bits per heavy atom. The first kappa shape index (κ1) is 11.9. The van der Waals surface area contributed by atoms with Crippen LogP contribution in [0.5, 0.6) is 0 Å². The van der Waals surface area contributed by atoms with Gasteiger partial charge in [-0.25, -0.2) is 9.97 Å². The van der Waals surface area contributed by atoms with Crippen molar-refractivity contribution in [1.29, 1.82) is 0 Å². The molecule has 100 valence electrons. The highest BCUT2D eigenvalue weighted by Crippen LogP contribution is 2.27. The molecule has 2 aromatic carbocycles. The molecule has 0 aliphatic carbocycles. The number of nitrogens with two attached hydrogens (primary N) is 1. The van der Waals surface area contributed by atoms with Crippen molar-refractivity contribution in [1.82, 2.24) is 9.97 Å². The predicted octanol–water partition coefficient (Wildman–Crippen LogP) is 4.03. The fourth-order valence-electron chi connectivity index (χ4n) is 2.54. The van der Waals surface area contributed by atoms with E-state index in [9.17, 15) is 0 Å². The number of nitrogens with zero attached hydrogens (tertiary/aromatic N) is 2. The summed E-state index contributed by atoms with van der Waals surface area (Å²) in [6.07, 6.45) is 0. The zero-order chi connectivity index (χ0) is 14.2. The van der Waals surface area contributed by atoms with Gasteiger partial charge in [0.15, 0.2) is 0 Å². The van der Waals surface area contributed by atoms with Gasteiger partial charge >= 0.3 is 0 Å². The van der Waals surface area contributed by atoms with Crippen LogP contribution in [-0.2, 0) is 0 Å². The Morgan fingerprint density at radius 1 is 0.667 bits per heavy atom. The highest BCUT2D eigenvalue weighted by molar-refractivity contribution is 5.89. The van der Waals surface area contributed by atoms with Crippen LogP contribution in [0.3, 0.4) is 0 Å². The molecular weight excluding hydrogens is 258 g/mol. The quantitative estimate of drug-likeness (QED) is 0.568. The molecule has 2 heterocycles. The van der Waals surface area contributed by atoms with Crippen LogP contribution < -0.4 is 5.73 Å². The number of aromatic nitrogens is 2. The molecule has 4 rings (SSSR count). The topological polar surface area (TPSA) is 51.8 Å². The van der Waals surface area contributed by atoms with Crippen LogP contribution in [-0.4, -0.2) is 9.97 Å². The molecule has 0 atom stereocenters. The van der Waals surface area contributed by atoms with E-state index in [-0.39, 0.29) is 0 Å². The van der Waals surface area contributed by atoms with Crippen molar-refractivity contribution in [2.24, 2.45) is 0 Å². The van der Waals surface area contributed by atoms with E-state index in [2.05, 4.69) is 9.97 Å². The lowest BCUT2D eigenvalue weighted by atomic mass is 10.1. The molecule has 0 fully saturated rings. The van der Waals surface area contributed by atoms with Crippen LogP contribution >= 0.6 is 0 Å². The highest BCUT2D eigenvalue weighted by atomic mass is 14.8. The first-order valence-electron chi connectivity index (χ1n) is 6.83. The zero-order valence-electron chi connectivity index (χ0n) is 11.3. The van der Waals surface area contributed by atoms with Gasteiger partial charge in [0.25, 0.3) is 0 Å². The molecule has 0 spiro atoms. The van der Waals surface area contributed by atoms with Crippen molar-refractivity contribution < 1.29 is 0 Å². The van der Waals surface area contributed by atoms with Gasteiger partial charge in [-0.2, -0.15) is 0 Å². The zero-order valence-corrected chi connectivity index (χ0v) is 11.3. The Kier molecular flexibility index (Phi) is 2.57. The van der Waals surface area contributed by atoms with Crippen molar-refractivity contribution in [2.75, 3.05) is 5.73 Å². The van der Waals surface area contributed by atoms with E-state index in [0.717, 1.165) is 33.2 Å². The Hall–Kier alpha value is -2.94. The third kappa shape index (κ3) is 1.99. The normalized spacial score (nSPS) is 11.0. The van der Waals surface area contributed by atoms with Crippen LogP contribution in [0.4, 0.5) is 5.69 Å². The van der Waals surface area contributed by atoms with Crippen molar-refractivity contribution in [3.63, 3.8) is 0 Å². The average molecular weight is 271 g/mol. The average Bonchev–Trinajstić information content (AvgIpc) is 2.54. The van der Waals surface area contributed by atoms with Gasteiger partial charge < -0.3 is 5.73 Å². The minimum atomic E-state index is 0.650. The summed E-state index contributed by atoms with van der Waals surface area (Å²) in [4.78, 5) is 9.33. The van der Waals surface area contributed by atoms with Crippen molar-refractivity contribution in [3.8, 4) is 11.4 Å². The molecule has 3 heteroatoms. The van der Waals surface area contributed by atoms with Crippen molar-refractivity contribution in [3.05, 3.63) is 66.7 Å². The number of hydrogen-bond acceptors (Lipinski definition) is 3. The molecule has 0 saturated carbocycles. The van der Waals surface area contributed by atoms with Crippen LogP contribution in [0.15, 0.2) is 66.7 Å². The number of nitrogen functional groups attached to an aromatic ring is 1. The second kappa shape index (κ2) is 4.56. The molecular formula is C18H13N3. The van der Waals surface area contributed by atoms with Crippen molar-refractivity contribution >= 4 is 27.5 Å². The standard InChI is InChI=1S/C18H13N3/c19-14-11-13-6-2-4-8-16(13)21-18(14)17-10-9-12-5-1-3-7-15(12)20-17/h1-11H,19H2. The number of anilines is 1. The number of para-hydroxylation sites is 2. The van der Waals surface area contributed by atoms with Crippen LogP contribution in [0.25, 0.3) is 33.2 Å². The maximum absolute atomic E-state index is 6.16. The molecule has 0 aliphatic heterocycles. The summed E-state index contributed by atoms with van der Waals surface area (Å²) in [6, 6.07) is 22.0. The third-order valence-electron chi connectivity index (χ3n) is 3.59. The number of rotatable bonds is 1. The van der Waals surface area contributed by atoms with Gasteiger partial charge in [-0.3, -0.25) is 0 Å².